The summed E-state index contributed by atoms with van der Waals surface area (Å²) in [6, 6.07) is 7.02. The number of carbonyl (C=O) groups excluding carboxylic acids is 1. The van der Waals surface area contributed by atoms with Crippen LogP contribution in [0.5, 0.6) is 0 Å². The SMILES string of the molecule is O=C1C(=Cc2ccccc2Cl)SC(=S)N1CCS(=O)(=O)O. The molecule has 112 valence electrons. The van der Waals surface area contributed by atoms with E-state index in [0.29, 0.717) is 15.5 Å². The number of nitrogens with zero attached hydrogens (tertiary/aromatic N) is 1. The average Bonchev–Trinajstić information content (AvgIpc) is 2.64. The molecule has 5 nitrogen and oxygen atoms in total. The summed E-state index contributed by atoms with van der Waals surface area (Å²) < 4.78 is 30.5. The lowest BCUT2D eigenvalue weighted by atomic mass is 10.2. The van der Waals surface area contributed by atoms with Crippen molar-refractivity contribution in [1.29, 1.82) is 0 Å². The number of benzene rings is 1. The molecule has 0 spiro atoms. The molecule has 21 heavy (non-hydrogen) atoms. The quantitative estimate of drug-likeness (QED) is 0.503. The largest absolute Gasteiger partial charge is 0.292 e. The summed E-state index contributed by atoms with van der Waals surface area (Å²) >= 11 is 12.1. The number of amides is 1. The number of halogens is 1. The normalized spacial score (nSPS) is 17.8. The zero-order chi connectivity index (χ0) is 15.6. The Kier molecular flexibility index (Phi) is 5.05. The standard InChI is InChI=1S/C12H10ClNO4S3/c13-9-4-2-1-3-8(9)7-10-11(15)14(12(19)20-10)5-6-21(16,17)18/h1-4,7H,5-6H2,(H,16,17,18). The van der Waals surface area contributed by atoms with Crippen LogP contribution in [0.15, 0.2) is 29.2 Å². The minimum absolute atomic E-state index is 0.177. The van der Waals surface area contributed by atoms with Crippen LogP contribution in [0.4, 0.5) is 0 Å². The van der Waals surface area contributed by atoms with Crippen LogP contribution in [0, 0.1) is 0 Å². The summed E-state index contributed by atoms with van der Waals surface area (Å²) in [4.78, 5) is 13.7. The Balaban J connectivity index is 2.20. The van der Waals surface area contributed by atoms with Crippen molar-refractivity contribution in [1.82, 2.24) is 4.90 Å². The van der Waals surface area contributed by atoms with Crippen LogP contribution in [0.1, 0.15) is 5.56 Å². The van der Waals surface area contributed by atoms with E-state index in [-0.39, 0.29) is 10.9 Å². The highest BCUT2D eigenvalue weighted by Gasteiger charge is 2.32. The Morgan fingerprint density at radius 1 is 1.38 bits per heavy atom. The monoisotopic (exact) mass is 363 g/mol. The number of carbonyl (C=O) groups is 1. The zero-order valence-electron chi connectivity index (χ0n) is 10.5. The van der Waals surface area contributed by atoms with Crippen LogP contribution in [-0.4, -0.2) is 40.4 Å². The van der Waals surface area contributed by atoms with Crippen molar-refractivity contribution in [2.75, 3.05) is 12.3 Å². The number of hydrogen-bond acceptors (Lipinski definition) is 5. The molecule has 1 saturated heterocycles. The second-order valence-corrected chi connectivity index (χ2v) is 7.80. The zero-order valence-corrected chi connectivity index (χ0v) is 13.7. The molecular formula is C12H10ClNO4S3. The van der Waals surface area contributed by atoms with Gasteiger partial charge in [-0.15, -0.1) is 0 Å². The smallest absolute Gasteiger partial charge is 0.266 e. The molecule has 1 aromatic carbocycles. The first-order valence-corrected chi connectivity index (χ1v) is 8.94. The van der Waals surface area contributed by atoms with Crippen LogP contribution in [0.3, 0.4) is 0 Å². The molecule has 1 aliphatic heterocycles. The van der Waals surface area contributed by atoms with Gasteiger partial charge < -0.3 is 0 Å². The number of thioether (sulfide) groups is 1. The van der Waals surface area contributed by atoms with E-state index in [0.717, 1.165) is 16.7 Å². The maximum Gasteiger partial charge on any atom is 0.266 e. The molecule has 0 bridgehead atoms. The van der Waals surface area contributed by atoms with Gasteiger partial charge in [-0.1, -0.05) is 53.8 Å². The maximum atomic E-state index is 12.2. The molecule has 0 saturated carbocycles. The van der Waals surface area contributed by atoms with Crippen LogP contribution in [-0.2, 0) is 14.9 Å². The van der Waals surface area contributed by atoms with Gasteiger partial charge in [-0.2, -0.15) is 8.42 Å². The lowest BCUT2D eigenvalue weighted by Crippen LogP contribution is -2.32. The Bertz CT molecular complexity index is 730. The lowest BCUT2D eigenvalue weighted by molar-refractivity contribution is -0.121. The fraction of sp³-hybridized carbons (Fsp3) is 0.167. The van der Waals surface area contributed by atoms with Gasteiger partial charge in [0, 0.05) is 11.6 Å². The van der Waals surface area contributed by atoms with Crippen molar-refractivity contribution in [2.24, 2.45) is 0 Å². The van der Waals surface area contributed by atoms with Crippen molar-refractivity contribution in [3.63, 3.8) is 0 Å². The molecule has 0 unspecified atom stereocenters. The summed E-state index contributed by atoms with van der Waals surface area (Å²) in [5, 5.41) is 0.501. The fourth-order valence-corrected chi connectivity index (χ4v) is 3.54. The predicted molar refractivity (Wildman–Crippen MR) is 87.7 cm³/mol. The minimum Gasteiger partial charge on any atom is -0.292 e. The van der Waals surface area contributed by atoms with Gasteiger partial charge in [0.15, 0.2) is 0 Å². The number of hydrogen-bond donors (Lipinski definition) is 1. The molecule has 0 aliphatic carbocycles. The van der Waals surface area contributed by atoms with Gasteiger partial charge in [0.1, 0.15) is 4.32 Å². The lowest BCUT2D eigenvalue weighted by Gasteiger charge is -2.12. The third-order valence-corrected chi connectivity index (χ3v) is 5.06. The third-order valence-electron chi connectivity index (χ3n) is 2.64. The first-order valence-electron chi connectivity index (χ1n) is 5.73. The summed E-state index contributed by atoms with van der Waals surface area (Å²) in [6.07, 6.45) is 1.61. The number of rotatable bonds is 4. The van der Waals surface area contributed by atoms with Crippen molar-refractivity contribution < 1.29 is 17.8 Å². The Labute approximate surface area is 136 Å². The predicted octanol–water partition coefficient (Wildman–Crippen LogP) is 2.43. The molecule has 0 aromatic heterocycles. The first kappa shape index (κ1) is 16.4. The van der Waals surface area contributed by atoms with Crippen LogP contribution in [0.25, 0.3) is 6.08 Å². The van der Waals surface area contributed by atoms with E-state index < -0.39 is 21.8 Å². The van der Waals surface area contributed by atoms with E-state index in [2.05, 4.69) is 0 Å². The van der Waals surface area contributed by atoms with Gasteiger partial charge in [0.2, 0.25) is 0 Å². The second-order valence-electron chi connectivity index (χ2n) is 4.14. The van der Waals surface area contributed by atoms with Crippen LogP contribution in [0.2, 0.25) is 5.02 Å². The van der Waals surface area contributed by atoms with Crippen LogP contribution < -0.4 is 0 Å². The molecule has 1 aromatic rings. The van der Waals surface area contributed by atoms with Gasteiger partial charge >= 0.3 is 0 Å². The van der Waals surface area contributed by atoms with Gasteiger partial charge in [-0.3, -0.25) is 14.2 Å². The molecule has 2 rings (SSSR count). The molecule has 1 heterocycles. The first-order chi connectivity index (χ1) is 9.78. The Hall–Kier alpha value is -0.930. The summed E-state index contributed by atoms with van der Waals surface area (Å²) in [6.45, 7) is -0.177. The molecule has 1 fully saturated rings. The van der Waals surface area contributed by atoms with E-state index in [9.17, 15) is 13.2 Å². The van der Waals surface area contributed by atoms with E-state index >= 15 is 0 Å². The summed E-state index contributed by atoms with van der Waals surface area (Å²) in [5.74, 6) is -0.952. The highest BCUT2D eigenvalue weighted by molar-refractivity contribution is 8.26. The van der Waals surface area contributed by atoms with Crippen LogP contribution >= 0.6 is 35.6 Å². The van der Waals surface area contributed by atoms with Crippen molar-refractivity contribution in [3.8, 4) is 0 Å². The maximum absolute atomic E-state index is 12.2. The van der Waals surface area contributed by atoms with Gasteiger partial charge in [-0.05, 0) is 17.7 Å². The van der Waals surface area contributed by atoms with Gasteiger partial charge in [-0.25, -0.2) is 0 Å². The molecule has 1 aliphatic rings. The molecule has 1 N–H and O–H groups in total. The molecule has 1 amide bonds. The number of thiocarbonyl (C=S) groups is 1. The van der Waals surface area contributed by atoms with Gasteiger partial charge in [0.25, 0.3) is 16.0 Å². The summed E-state index contributed by atoms with van der Waals surface area (Å²) in [5.41, 5.74) is 0.675. The highest BCUT2D eigenvalue weighted by atomic mass is 35.5. The third kappa shape index (κ3) is 4.27. The Morgan fingerprint density at radius 2 is 2.05 bits per heavy atom. The molecule has 9 heteroatoms. The van der Waals surface area contributed by atoms with E-state index in [1.165, 1.54) is 0 Å². The van der Waals surface area contributed by atoms with Crippen molar-refractivity contribution >= 4 is 62.0 Å². The fourth-order valence-electron chi connectivity index (χ4n) is 1.63. The minimum atomic E-state index is -4.14. The van der Waals surface area contributed by atoms with E-state index in [4.69, 9.17) is 28.4 Å². The van der Waals surface area contributed by atoms with E-state index in [1.54, 1.807) is 30.3 Å². The van der Waals surface area contributed by atoms with Crippen molar-refractivity contribution in [2.45, 2.75) is 0 Å². The topological polar surface area (TPSA) is 74.7 Å². The molecular weight excluding hydrogens is 354 g/mol. The van der Waals surface area contributed by atoms with Crippen molar-refractivity contribution in [3.05, 3.63) is 39.8 Å². The Morgan fingerprint density at radius 3 is 2.67 bits per heavy atom. The molecule has 0 radical (unpaired) electrons. The average molecular weight is 364 g/mol. The highest BCUT2D eigenvalue weighted by Crippen LogP contribution is 2.33. The summed E-state index contributed by atoms with van der Waals surface area (Å²) in [7, 11) is -4.14. The van der Waals surface area contributed by atoms with Gasteiger partial charge in [0.05, 0.1) is 10.7 Å². The molecule has 0 atom stereocenters. The second kappa shape index (κ2) is 6.45. The van der Waals surface area contributed by atoms with E-state index in [1.807, 2.05) is 0 Å².